The van der Waals surface area contributed by atoms with E-state index in [1.807, 2.05) is 67.6 Å². The molecule has 5 nitrogen and oxygen atoms in total. The van der Waals surface area contributed by atoms with E-state index in [0.29, 0.717) is 12.2 Å². The van der Waals surface area contributed by atoms with Crippen molar-refractivity contribution in [2.24, 2.45) is 0 Å². The summed E-state index contributed by atoms with van der Waals surface area (Å²) >= 11 is 1.66. The Balaban J connectivity index is 1.39. The summed E-state index contributed by atoms with van der Waals surface area (Å²) in [6, 6.07) is 34.4. The van der Waals surface area contributed by atoms with E-state index in [-0.39, 0.29) is 5.76 Å². The van der Waals surface area contributed by atoms with Gasteiger partial charge >= 0.3 is 5.97 Å². The predicted molar refractivity (Wildman–Crippen MR) is 153 cm³/mol. The van der Waals surface area contributed by atoms with E-state index in [1.54, 1.807) is 18.9 Å². The summed E-state index contributed by atoms with van der Waals surface area (Å²) in [5, 5.41) is 0.910. The first-order chi connectivity index (χ1) is 18.6. The summed E-state index contributed by atoms with van der Waals surface area (Å²) < 4.78 is 19.2. The lowest BCUT2D eigenvalue weighted by molar-refractivity contribution is 0.0491. The number of hydrogen-bond acceptors (Lipinski definition) is 6. The highest BCUT2D eigenvalue weighted by Crippen LogP contribution is 2.35. The Morgan fingerprint density at radius 3 is 2.26 bits per heavy atom. The summed E-state index contributed by atoms with van der Waals surface area (Å²) in [4.78, 5) is 13.4. The van der Waals surface area contributed by atoms with E-state index in [4.69, 9.17) is 13.9 Å². The van der Waals surface area contributed by atoms with Gasteiger partial charge in [0.1, 0.15) is 17.1 Å². The van der Waals surface area contributed by atoms with Gasteiger partial charge in [0.15, 0.2) is 0 Å². The zero-order valence-corrected chi connectivity index (χ0v) is 22.2. The van der Waals surface area contributed by atoms with Gasteiger partial charge in [-0.3, -0.25) is 0 Å². The van der Waals surface area contributed by atoms with E-state index in [1.165, 1.54) is 5.56 Å². The summed E-state index contributed by atoms with van der Waals surface area (Å²) in [7, 11) is 0. The first-order valence-electron chi connectivity index (χ1n) is 12.6. The molecule has 1 aromatic heterocycles. The number of nitrogens with zero attached hydrogens (tertiary/aromatic N) is 1. The molecule has 0 bridgehead atoms. The number of carbonyl (C=O) groups is 1. The van der Waals surface area contributed by atoms with Crippen LogP contribution in [-0.4, -0.2) is 19.1 Å². The van der Waals surface area contributed by atoms with Crippen molar-refractivity contribution in [1.29, 1.82) is 0 Å². The van der Waals surface area contributed by atoms with Gasteiger partial charge in [-0.15, -0.1) is 0 Å². The van der Waals surface area contributed by atoms with Crippen molar-refractivity contribution < 1.29 is 18.7 Å². The van der Waals surface area contributed by atoms with Gasteiger partial charge < -0.3 is 18.2 Å². The van der Waals surface area contributed by atoms with Crippen molar-refractivity contribution in [2.75, 3.05) is 17.5 Å². The molecule has 0 atom stereocenters. The normalized spacial score (nSPS) is 10.9. The molecule has 0 unspecified atom stereocenters. The number of esters is 1. The van der Waals surface area contributed by atoms with Crippen LogP contribution in [0.2, 0.25) is 0 Å². The summed E-state index contributed by atoms with van der Waals surface area (Å²) in [6.45, 7) is 4.80. The lowest BCUT2D eigenvalue weighted by Gasteiger charge is -2.24. The van der Waals surface area contributed by atoms with E-state index in [0.717, 1.165) is 46.0 Å². The number of furan rings is 1. The van der Waals surface area contributed by atoms with Gasteiger partial charge in [0.25, 0.3) is 0 Å². The number of rotatable bonds is 10. The van der Waals surface area contributed by atoms with Crippen LogP contribution in [0.4, 0.5) is 5.69 Å². The average Bonchev–Trinajstić information content (AvgIpc) is 3.28. The molecule has 1 heterocycles. The molecule has 0 fully saturated rings. The number of para-hydroxylation sites is 1. The van der Waals surface area contributed by atoms with Gasteiger partial charge in [-0.2, -0.15) is 0 Å². The lowest BCUT2D eigenvalue weighted by atomic mass is 10.1. The van der Waals surface area contributed by atoms with Crippen molar-refractivity contribution in [2.45, 2.75) is 25.2 Å². The Hall–Kier alpha value is -4.16. The Labute approximate surface area is 227 Å². The summed E-state index contributed by atoms with van der Waals surface area (Å²) in [6.07, 6.45) is 0.899. The highest BCUT2D eigenvalue weighted by Gasteiger charge is 2.19. The van der Waals surface area contributed by atoms with Gasteiger partial charge in [-0.25, -0.2) is 4.79 Å². The second-order valence-electron chi connectivity index (χ2n) is 8.77. The molecule has 0 radical (unpaired) electrons. The van der Waals surface area contributed by atoms with Gasteiger partial charge in [0.2, 0.25) is 5.76 Å². The minimum Gasteiger partial charge on any atom is -0.460 e. The maximum Gasteiger partial charge on any atom is 0.374 e. The second kappa shape index (κ2) is 11.9. The largest absolute Gasteiger partial charge is 0.460 e. The first kappa shape index (κ1) is 25.5. The number of carbonyl (C=O) groups excluding carboxylic acids is 1. The third-order valence-corrected chi connectivity index (χ3v) is 7.21. The van der Waals surface area contributed by atoms with Gasteiger partial charge in [0.05, 0.1) is 6.61 Å². The van der Waals surface area contributed by atoms with Crippen molar-refractivity contribution in [3.8, 4) is 11.5 Å². The molecule has 5 rings (SSSR count). The molecule has 38 heavy (non-hydrogen) atoms. The average molecular weight is 524 g/mol. The molecule has 0 saturated carbocycles. The van der Waals surface area contributed by atoms with Crippen LogP contribution < -0.4 is 9.04 Å². The molecular formula is C32H29NO4S. The second-order valence-corrected chi connectivity index (χ2v) is 9.87. The minimum absolute atomic E-state index is 0.263. The number of anilines is 1. The molecular weight excluding hydrogens is 494 g/mol. The van der Waals surface area contributed by atoms with E-state index < -0.39 is 5.97 Å². The Morgan fingerprint density at radius 2 is 1.55 bits per heavy atom. The fourth-order valence-corrected chi connectivity index (χ4v) is 5.15. The van der Waals surface area contributed by atoms with Crippen LogP contribution in [0, 0.1) is 6.92 Å². The Kier molecular flexibility index (Phi) is 8.00. The standard InChI is InChI=1S/C32H29NO4S/c1-3-35-32(34)31-23(2)29-22-28(18-19-30(29)37-31)38-33(21-20-24-10-6-4-7-11-24)25-14-16-27(17-15-25)36-26-12-8-5-9-13-26/h4-19,22H,3,20-21H2,1-2H3. The predicted octanol–water partition coefficient (Wildman–Crippen LogP) is 8.47. The van der Waals surface area contributed by atoms with Gasteiger partial charge in [-0.1, -0.05) is 48.5 Å². The lowest BCUT2D eigenvalue weighted by Crippen LogP contribution is -2.17. The van der Waals surface area contributed by atoms with Crippen LogP contribution >= 0.6 is 11.9 Å². The van der Waals surface area contributed by atoms with Crippen molar-refractivity contribution >= 4 is 34.6 Å². The van der Waals surface area contributed by atoms with Crippen LogP contribution in [0.3, 0.4) is 0 Å². The fourth-order valence-electron chi connectivity index (χ4n) is 4.18. The topological polar surface area (TPSA) is 51.9 Å². The Bertz CT molecular complexity index is 1500. The van der Waals surface area contributed by atoms with Crippen LogP contribution in [0.1, 0.15) is 28.6 Å². The highest BCUT2D eigenvalue weighted by molar-refractivity contribution is 8.00. The minimum atomic E-state index is -0.433. The van der Waals surface area contributed by atoms with Crippen LogP contribution in [0.25, 0.3) is 11.0 Å². The van der Waals surface area contributed by atoms with Crippen molar-refractivity contribution in [1.82, 2.24) is 0 Å². The van der Waals surface area contributed by atoms with E-state index >= 15 is 0 Å². The molecule has 0 aliphatic rings. The third kappa shape index (κ3) is 6.03. The van der Waals surface area contributed by atoms with Gasteiger partial charge in [0, 0.05) is 28.1 Å². The molecule has 5 aromatic rings. The fraction of sp³-hybridized carbons (Fsp3) is 0.156. The summed E-state index contributed by atoms with van der Waals surface area (Å²) in [5.41, 5.74) is 3.82. The zero-order valence-electron chi connectivity index (χ0n) is 21.4. The van der Waals surface area contributed by atoms with E-state index in [9.17, 15) is 4.79 Å². The molecule has 0 aliphatic carbocycles. The molecule has 6 heteroatoms. The molecule has 0 aliphatic heterocycles. The number of fused-ring (bicyclic) bond motifs is 1. The number of benzene rings is 4. The number of ether oxygens (including phenoxy) is 2. The quantitative estimate of drug-likeness (QED) is 0.135. The van der Waals surface area contributed by atoms with Crippen LogP contribution in [-0.2, 0) is 11.2 Å². The van der Waals surface area contributed by atoms with E-state index in [2.05, 4.69) is 46.8 Å². The first-order valence-corrected chi connectivity index (χ1v) is 13.4. The number of aryl methyl sites for hydroxylation is 1. The van der Waals surface area contributed by atoms with Crippen LogP contribution in [0.15, 0.2) is 112 Å². The molecule has 4 aromatic carbocycles. The van der Waals surface area contributed by atoms with Crippen molar-refractivity contribution in [3.63, 3.8) is 0 Å². The smallest absolute Gasteiger partial charge is 0.374 e. The summed E-state index contributed by atoms with van der Waals surface area (Å²) in [5.74, 6) is 1.42. The molecule has 192 valence electrons. The Morgan fingerprint density at radius 1 is 0.868 bits per heavy atom. The third-order valence-electron chi connectivity index (χ3n) is 6.13. The number of hydrogen-bond donors (Lipinski definition) is 0. The zero-order chi connectivity index (χ0) is 26.3. The SMILES string of the molecule is CCOC(=O)c1oc2ccc(SN(CCc3ccccc3)c3ccc(Oc4ccccc4)cc3)cc2c1C. The molecule has 0 spiro atoms. The monoisotopic (exact) mass is 523 g/mol. The maximum absolute atomic E-state index is 12.3. The highest BCUT2D eigenvalue weighted by atomic mass is 32.2. The molecule has 0 N–H and O–H groups in total. The van der Waals surface area contributed by atoms with Crippen molar-refractivity contribution in [3.05, 3.63) is 120 Å². The molecule has 0 saturated heterocycles. The van der Waals surface area contributed by atoms with Crippen LogP contribution in [0.5, 0.6) is 11.5 Å². The maximum atomic E-state index is 12.3. The van der Waals surface area contributed by atoms with Gasteiger partial charge in [-0.05, 0) is 92.4 Å². The molecule has 0 amide bonds.